The summed E-state index contributed by atoms with van der Waals surface area (Å²) in [6.07, 6.45) is 5.31. The van der Waals surface area contributed by atoms with Gasteiger partial charge in [-0.2, -0.15) is 0 Å². The second-order valence-electron chi connectivity index (χ2n) is 5.37. The molecule has 1 unspecified atom stereocenters. The average molecular weight is 287 g/mol. The molecular weight excluding hydrogens is 268 g/mol. The van der Waals surface area contributed by atoms with Gasteiger partial charge in [-0.15, -0.1) is 5.10 Å². The Morgan fingerprint density at radius 2 is 2.28 bits per heavy atom. The first-order valence-electron chi connectivity index (χ1n) is 6.74. The number of halogens is 1. The van der Waals surface area contributed by atoms with Crippen LogP contribution in [0.5, 0.6) is 0 Å². The number of aromatic nitrogens is 2. The lowest BCUT2D eigenvalue weighted by Crippen LogP contribution is -2.39. The Kier molecular flexibility index (Phi) is 4.13. The van der Waals surface area contributed by atoms with Gasteiger partial charge in [0, 0.05) is 30.7 Å². The maximum absolute atomic E-state index is 6.11. The molecule has 6 heteroatoms. The normalized spacial score (nSPS) is 24.7. The molecule has 1 aliphatic heterocycles. The third kappa shape index (κ3) is 3.20. The summed E-state index contributed by atoms with van der Waals surface area (Å²) >= 11 is 7.40. The second-order valence-corrected chi connectivity index (χ2v) is 6.72. The van der Waals surface area contributed by atoms with Crippen molar-refractivity contribution in [3.05, 3.63) is 10.0 Å². The summed E-state index contributed by atoms with van der Waals surface area (Å²) in [6.45, 7) is 4.38. The van der Waals surface area contributed by atoms with Gasteiger partial charge in [0.25, 0.3) is 0 Å². The van der Waals surface area contributed by atoms with E-state index in [9.17, 15) is 0 Å². The zero-order valence-corrected chi connectivity index (χ0v) is 12.0. The number of nitrogens with zero attached hydrogens (tertiary/aromatic N) is 3. The van der Waals surface area contributed by atoms with E-state index >= 15 is 0 Å². The first-order chi connectivity index (χ1) is 8.83. The van der Waals surface area contributed by atoms with Gasteiger partial charge in [-0.3, -0.25) is 4.90 Å². The summed E-state index contributed by atoms with van der Waals surface area (Å²) in [6, 6.07) is 0.754. The van der Waals surface area contributed by atoms with Crippen molar-refractivity contribution >= 4 is 23.1 Å². The van der Waals surface area contributed by atoms with Crippen LogP contribution in [0, 0.1) is 5.92 Å². The SMILES string of the molecule is Clc1snnc1CN(CC1CCCNC1)C1CC1. The molecule has 1 saturated heterocycles. The summed E-state index contributed by atoms with van der Waals surface area (Å²) in [5, 5.41) is 7.63. The van der Waals surface area contributed by atoms with E-state index in [1.54, 1.807) is 0 Å². The molecule has 0 amide bonds. The highest BCUT2D eigenvalue weighted by Gasteiger charge is 2.31. The Hall–Kier alpha value is -0.230. The predicted octanol–water partition coefficient (Wildman–Crippen LogP) is 2.16. The molecule has 1 N–H and O–H groups in total. The van der Waals surface area contributed by atoms with Crippen LogP contribution in [0.1, 0.15) is 31.4 Å². The monoisotopic (exact) mass is 286 g/mol. The van der Waals surface area contributed by atoms with Gasteiger partial charge in [0.1, 0.15) is 10.0 Å². The van der Waals surface area contributed by atoms with E-state index in [1.807, 2.05) is 0 Å². The topological polar surface area (TPSA) is 41.1 Å². The average Bonchev–Trinajstić information content (AvgIpc) is 3.16. The fourth-order valence-corrected chi connectivity index (χ4v) is 3.29. The predicted molar refractivity (Wildman–Crippen MR) is 73.9 cm³/mol. The van der Waals surface area contributed by atoms with E-state index in [2.05, 4.69) is 19.8 Å². The molecule has 0 aromatic carbocycles. The van der Waals surface area contributed by atoms with Gasteiger partial charge in [0.05, 0.1) is 0 Å². The van der Waals surface area contributed by atoms with E-state index in [-0.39, 0.29) is 0 Å². The van der Waals surface area contributed by atoms with Crippen LogP contribution in [0.4, 0.5) is 0 Å². The van der Waals surface area contributed by atoms with Crippen LogP contribution >= 0.6 is 23.1 Å². The fourth-order valence-electron chi connectivity index (χ4n) is 2.68. The molecule has 100 valence electrons. The lowest BCUT2D eigenvalue weighted by molar-refractivity contribution is 0.191. The van der Waals surface area contributed by atoms with Crippen LogP contribution in [0.2, 0.25) is 4.34 Å². The van der Waals surface area contributed by atoms with Crippen LogP contribution in [0.15, 0.2) is 0 Å². The Bertz CT molecular complexity index is 387. The quantitative estimate of drug-likeness (QED) is 0.901. The molecule has 0 spiro atoms. The summed E-state index contributed by atoms with van der Waals surface area (Å²) in [4.78, 5) is 2.56. The molecule has 1 saturated carbocycles. The lowest BCUT2D eigenvalue weighted by atomic mass is 9.99. The first kappa shape index (κ1) is 12.8. The van der Waals surface area contributed by atoms with Crippen LogP contribution < -0.4 is 5.32 Å². The molecule has 2 heterocycles. The Balaban J connectivity index is 1.59. The largest absolute Gasteiger partial charge is 0.316 e. The molecule has 2 fully saturated rings. The van der Waals surface area contributed by atoms with Gasteiger partial charge in [-0.1, -0.05) is 16.1 Å². The van der Waals surface area contributed by atoms with Crippen molar-refractivity contribution in [3.8, 4) is 0 Å². The minimum atomic E-state index is 0.752. The summed E-state index contributed by atoms with van der Waals surface area (Å²) < 4.78 is 4.67. The zero-order chi connectivity index (χ0) is 12.4. The zero-order valence-electron chi connectivity index (χ0n) is 10.4. The highest BCUT2D eigenvalue weighted by molar-refractivity contribution is 7.10. The standard InChI is InChI=1S/C12H19ClN4S/c13-12-11(15-16-18-12)8-17(10-3-4-10)7-9-2-1-5-14-6-9/h9-10,14H,1-8H2. The molecule has 4 nitrogen and oxygen atoms in total. The number of piperidine rings is 1. The second kappa shape index (κ2) is 5.82. The van der Waals surface area contributed by atoms with Crippen molar-refractivity contribution in [1.29, 1.82) is 0 Å². The van der Waals surface area contributed by atoms with E-state index in [4.69, 9.17) is 11.6 Å². The minimum Gasteiger partial charge on any atom is -0.316 e. The number of hydrogen-bond acceptors (Lipinski definition) is 5. The van der Waals surface area contributed by atoms with Gasteiger partial charge in [-0.05, 0) is 44.7 Å². The number of hydrogen-bond donors (Lipinski definition) is 1. The van der Waals surface area contributed by atoms with Gasteiger partial charge >= 0.3 is 0 Å². The van der Waals surface area contributed by atoms with Crippen molar-refractivity contribution < 1.29 is 0 Å². The van der Waals surface area contributed by atoms with Crippen molar-refractivity contribution in [2.45, 2.75) is 38.3 Å². The van der Waals surface area contributed by atoms with Gasteiger partial charge in [-0.25, -0.2) is 0 Å². The Morgan fingerprint density at radius 1 is 1.39 bits per heavy atom. The third-order valence-electron chi connectivity index (χ3n) is 3.82. The van der Waals surface area contributed by atoms with E-state index in [0.717, 1.165) is 35.1 Å². The molecule has 1 aromatic heterocycles. The molecule has 1 aromatic rings. The van der Waals surface area contributed by atoms with E-state index in [1.165, 1.54) is 50.3 Å². The van der Waals surface area contributed by atoms with Crippen molar-refractivity contribution in [2.75, 3.05) is 19.6 Å². The molecule has 0 bridgehead atoms. The van der Waals surface area contributed by atoms with Gasteiger partial charge in [0.2, 0.25) is 0 Å². The molecule has 3 rings (SSSR count). The molecule has 2 aliphatic rings. The highest BCUT2D eigenvalue weighted by atomic mass is 35.5. The molecule has 1 aliphatic carbocycles. The van der Waals surface area contributed by atoms with Gasteiger partial charge in [0.15, 0.2) is 0 Å². The van der Waals surface area contributed by atoms with E-state index < -0.39 is 0 Å². The maximum atomic E-state index is 6.11. The lowest BCUT2D eigenvalue weighted by Gasteiger charge is -2.29. The minimum absolute atomic E-state index is 0.752. The van der Waals surface area contributed by atoms with Crippen molar-refractivity contribution in [3.63, 3.8) is 0 Å². The maximum Gasteiger partial charge on any atom is 0.138 e. The summed E-state index contributed by atoms with van der Waals surface area (Å²) in [5.74, 6) is 0.782. The summed E-state index contributed by atoms with van der Waals surface area (Å²) in [5.41, 5.74) is 0.956. The number of nitrogens with one attached hydrogen (secondary N) is 1. The van der Waals surface area contributed by atoms with Crippen LogP contribution in [-0.4, -0.2) is 40.2 Å². The van der Waals surface area contributed by atoms with Gasteiger partial charge < -0.3 is 5.32 Å². The summed E-state index contributed by atoms with van der Waals surface area (Å²) in [7, 11) is 0. The third-order valence-corrected chi connectivity index (χ3v) is 4.80. The smallest absolute Gasteiger partial charge is 0.138 e. The van der Waals surface area contributed by atoms with Crippen molar-refractivity contribution in [1.82, 2.24) is 19.8 Å². The number of rotatable bonds is 5. The molecular formula is C12H19ClN4S. The fraction of sp³-hybridized carbons (Fsp3) is 0.833. The first-order valence-corrected chi connectivity index (χ1v) is 7.89. The molecule has 18 heavy (non-hydrogen) atoms. The molecule has 0 radical (unpaired) electrons. The van der Waals surface area contributed by atoms with E-state index in [0.29, 0.717) is 0 Å². The van der Waals surface area contributed by atoms with Crippen LogP contribution in [-0.2, 0) is 6.54 Å². The van der Waals surface area contributed by atoms with Crippen LogP contribution in [0.3, 0.4) is 0 Å². The highest BCUT2D eigenvalue weighted by Crippen LogP contribution is 2.31. The van der Waals surface area contributed by atoms with Crippen molar-refractivity contribution in [2.24, 2.45) is 5.92 Å². The van der Waals surface area contributed by atoms with Crippen LogP contribution in [0.25, 0.3) is 0 Å². The Morgan fingerprint density at radius 3 is 2.89 bits per heavy atom. The Labute approximate surface area is 117 Å². The molecule has 1 atom stereocenters.